The summed E-state index contributed by atoms with van der Waals surface area (Å²) in [6, 6.07) is 6.60. The summed E-state index contributed by atoms with van der Waals surface area (Å²) < 4.78 is 0. The molecule has 21 heavy (non-hydrogen) atoms. The molecule has 0 unspecified atom stereocenters. The summed E-state index contributed by atoms with van der Waals surface area (Å²) >= 11 is 0. The zero-order valence-corrected chi connectivity index (χ0v) is 12.6. The second-order valence-corrected chi connectivity index (χ2v) is 5.21. The maximum atomic E-state index is 12.8. The third kappa shape index (κ3) is 2.33. The van der Waals surface area contributed by atoms with Crippen LogP contribution in [0.15, 0.2) is 24.3 Å². The highest BCUT2D eigenvalue weighted by Gasteiger charge is 2.51. The highest BCUT2D eigenvalue weighted by atomic mass is 16.2. The number of amides is 4. The summed E-state index contributed by atoms with van der Waals surface area (Å²) in [5.41, 5.74) is 0.384. The van der Waals surface area contributed by atoms with Gasteiger partial charge in [0.1, 0.15) is 5.41 Å². The van der Waals surface area contributed by atoms with Gasteiger partial charge in [0.2, 0.25) is 5.91 Å². The van der Waals surface area contributed by atoms with Crippen LogP contribution >= 0.6 is 0 Å². The van der Waals surface area contributed by atoms with Gasteiger partial charge < -0.3 is 0 Å². The zero-order chi connectivity index (χ0) is 15.6. The average molecular weight is 288 g/mol. The fraction of sp³-hybridized carbons (Fsp3) is 0.438. The number of urea groups is 1. The highest BCUT2D eigenvalue weighted by Crippen LogP contribution is 2.34. The van der Waals surface area contributed by atoms with Crippen molar-refractivity contribution >= 4 is 23.5 Å². The topological polar surface area (TPSA) is 66.5 Å². The Balaban J connectivity index is 2.49. The third-order valence-corrected chi connectivity index (χ3v) is 4.25. The molecule has 0 bridgehead atoms. The number of carbonyl (C=O) groups is 3. The quantitative estimate of drug-likeness (QED) is 0.866. The van der Waals surface area contributed by atoms with Crippen molar-refractivity contribution in [3.63, 3.8) is 0 Å². The Labute approximate surface area is 124 Å². The summed E-state index contributed by atoms with van der Waals surface area (Å²) in [7, 11) is 0. The molecule has 0 atom stereocenters. The van der Waals surface area contributed by atoms with Crippen molar-refractivity contribution in [1.29, 1.82) is 0 Å². The number of barbiturate groups is 1. The SMILES string of the molecule is CCc1cccc(N2C(=O)NC(=O)C(CC)(CC)C2=O)c1. The van der Waals surface area contributed by atoms with Crippen molar-refractivity contribution in [3.05, 3.63) is 29.8 Å². The zero-order valence-electron chi connectivity index (χ0n) is 12.6. The number of rotatable bonds is 4. The molecule has 1 fully saturated rings. The van der Waals surface area contributed by atoms with E-state index in [-0.39, 0.29) is 0 Å². The van der Waals surface area contributed by atoms with Crippen molar-refractivity contribution in [3.8, 4) is 0 Å². The van der Waals surface area contributed by atoms with Crippen LogP contribution in [0, 0.1) is 5.41 Å². The van der Waals surface area contributed by atoms with Gasteiger partial charge in [-0.05, 0) is 37.0 Å². The molecule has 1 aliphatic heterocycles. The minimum absolute atomic E-state index is 0.366. The molecular weight excluding hydrogens is 268 g/mol. The van der Waals surface area contributed by atoms with Crippen molar-refractivity contribution < 1.29 is 14.4 Å². The molecule has 2 rings (SSSR count). The molecule has 1 aromatic rings. The molecular formula is C16H20N2O3. The van der Waals surface area contributed by atoms with E-state index in [4.69, 9.17) is 0 Å². The van der Waals surface area contributed by atoms with Crippen LogP contribution in [-0.4, -0.2) is 17.8 Å². The average Bonchev–Trinajstić information content (AvgIpc) is 2.48. The molecule has 0 aromatic heterocycles. The van der Waals surface area contributed by atoms with Gasteiger partial charge in [-0.1, -0.05) is 32.9 Å². The van der Waals surface area contributed by atoms with Gasteiger partial charge in [0.15, 0.2) is 0 Å². The summed E-state index contributed by atoms with van der Waals surface area (Å²) in [6.45, 7) is 5.58. The molecule has 1 N–H and O–H groups in total. The predicted molar refractivity (Wildman–Crippen MR) is 79.9 cm³/mol. The molecule has 0 saturated carbocycles. The minimum Gasteiger partial charge on any atom is -0.276 e. The van der Waals surface area contributed by atoms with E-state index >= 15 is 0 Å². The normalized spacial score (nSPS) is 17.9. The van der Waals surface area contributed by atoms with E-state index in [1.165, 1.54) is 0 Å². The molecule has 5 heteroatoms. The molecule has 1 aromatic carbocycles. The van der Waals surface area contributed by atoms with Gasteiger partial charge in [0.05, 0.1) is 5.69 Å². The van der Waals surface area contributed by atoms with Gasteiger partial charge in [0, 0.05) is 0 Å². The van der Waals surface area contributed by atoms with E-state index in [0.717, 1.165) is 16.9 Å². The third-order valence-electron chi connectivity index (χ3n) is 4.25. The molecule has 0 aliphatic carbocycles. The second kappa shape index (κ2) is 5.68. The van der Waals surface area contributed by atoms with E-state index < -0.39 is 23.3 Å². The van der Waals surface area contributed by atoms with Crippen LogP contribution < -0.4 is 10.2 Å². The Morgan fingerprint density at radius 3 is 2.33 bits per heavy atom. The number of nitrogens with zero attached hydrogens (tertiary/aromatic N) is 1. The van der Waals surface area contributed by atoms with E-state index in [9.17, 15) is 14.4 Å². The Morgan fingerprint density at radius 2 is 1.76 bits per heavy atom. The van der Waals surface area contributed by atoms with Crippen molar-refractivity contribution in [1.82, 2.24) is 5.32 Å². The molecule has 0 radical (unpaired) electrons. The smallest absolute Gasteiger partial charge is 0.276 e. The van der Waals surface area contributed by atoms with Crippen LogP contribution in [0.4, 0.5) is 10.5 Å². The largest absolute Gasteiger partial charge is 0.335 e. The maximum Gasteiger partial charge on any atom is 0.335 e. The van der Waals surface area contributed by atoms with Gasteiger partial charge in [-0.25, -0.2) is 9.69 Å². The Hall–Kier alpha value is -2.17. The summed E-state index contributed by atoms with van der Waals surface area (Å²) in [5, 5.41) is 2.32. The fourth-order valence-electron chi connectivity index (χ4n) is 2.70. The van der Waals surface area contributed by atoms with Gasteiger partial charge in [0.25, 0.3) is 5.91 Å². The number of aryl methyl sites for hydroxylation is 1. The summed E-state index contributed by atoms with van der Waals surface area (Å²) in [6.07, 6.45) is 1.54. The molecule has 1 saturated heterocycles. The Kier molecular flexibility index (Phi) is 4.11. The van der Waals surface area contributed by atoms with Crippen molar-refractivity contribution in [2.75, 3.05) is 4.90 Å². The van der Waals surface area contributed by atoms with Crippen LogP contribution in [0.2, 0.25) is 0 Å². The predicted octanol–water partition coefficient (Wildman–Crippen LogP) is 2.64. The molecule has 5 nitrogen and oxygen atoms in total. The van der Waals surface area contributed by atoms with Crippen LogP contribution in [0.3, 0.4) is 0 Å². The molecule has 112 valence electrons. The molecule has 1 heterocycles. The number of anilines is 1. The lowest BCUT2D eigenvalue weighted by Crippen LogP contribution is -2.64. The first-order chi connectivity index (χ1) is 10.00. The van der Waals surface area contributed by atoms with E-state index in [1.54, 1.807) is 19.9 Å². The van der Waals surface area contributed by atoms with Gasteiger partial charge >= 0.3 is 6.03 Å². The lowest BCUT2D eigenvalue weighted by molar-refractivity contribution is -0.143. The standard InChI is InChI=1S/C16H20N2O3/c1-4-11-8-7-9-12(10-11)18-14(20)16(5-2,6-3)13(19)17-15(18)21/h7-10H,4-6H2,1-3H3,(H,17,19,21). The van der Waals surface area contributed by atoms with E-state index in [0.29, 0.717) is 18.5 Å². The van der Waals surface area contributed by atoms with Crippen LogP contribution in [0.5, 0.6) is 0 Å². The molecule has 1 aliphatic rings. The lowest BCUT2D eigenvalue weighted by atomic mass is 9.78. The van der Waals surface area contributed by atoms with Crippen LogP contribution in [0.1, 0.15) is 39.2 Å². The Morgan fingerprint density at radius 1 is 1.10 bits per heavy atom. The minimum atomic E-state index is -1.16. The number of hydrogen-bond donors (Lipinski definition) is 1. The van der Waals surface area contributed by atoms with Crippen molar-refractivity contribution in [2.45, 2.75) is 40.0 Å². The van der Waals surface area contributed by atoms with Crippen LogP contribution in [0.25, 0.3) is 0 Å². The number of imide groups is 2. The monoisotopic (exact) mass is 288 g/mol. The van der Waals surface area contributed by atoms with Crippen LogP contribution in [-0.2, 0) is 16.0 Å². The first-order valence-electron chi connectivity index (χ1n) is 7.29. The van der Waals surface area contributed by atoms with Gasteiger partial charge in [-0.2, -0.15) is 0 Å². The Bertz CT molecular complexity index is 591. The first kappa shape index (κ1) is 15.2. The second-order valence-electron chi connectivity index (χ2n) is 5.21. The first-order valence-corrected chi connectivity index (χ1v) is 7.29. The number of nitrogens with one attached hydrogen (secondary N) is 1. The maximum absolute atomic E-state index is 12.8. The molecule has 0 spiro atoms. The number of benzene rings is 1. The van der Waals surface area contributed by atoms with Gasteiger partial charge in [-0.15, -0.1) is 0 Å². The highest BCUT2D eigenvalue weighted by molar-refractivity contribution is 6.29. The van der Waals surface area contributed by atoms with Gasteiger partial charge in [-0.3, -0.25) is 14.9 Å². The summed E-state index contributed by atoms with van der Waals surface area (Å²) in [4.78, 5) is 38.1. The summed E-state index contributed by atoms with van der Waals surface area (Å²) in [5.74, 6) is -0.931. The molecule has 4 amide bonds. The van der Waals surface area contributed by atoms with E-state index in [2.05, 4.69) is 5.32 Å². The van der Waals surface area contributed by atoms with E-state index in [1.807, 2.05) is 25.1 Å². The van der Waals surface area contributed by atoms with Crippen molar-refractivity contribution in [2.24, 2.45) is 5.41 Å². The number of hydrogen-bond acceptors (Lipinski definition) is 3. The fourth-order valence-corrected chi connectivity index (χ4v) is 2.70. The number of carbonyl (C=O) groups excluding carboxylic acids is 3. The lowest BCUT2D eigenvalue weighted by Gasteiger charge is -2.38.